The Hall–Kier alpha value is -2.51. The van der Waals surface area contributed by atoms with Gasteiger partial charge in [-0.15, -0.1) is 0 Å². The predicted molar refractivity (Wildman–Crippen MR) is 118 cm³/mol. The number of carbonyl (C=O) groups excluding carboxylic acids is 1. The topological polar surface area (TPSA) is 47.3 Å². The lowest BCUT2D eigenvalue weighted by Gasteiger charge is -2.32. The van der Waals surface area contributed by atoms with Crippen molar-refractivity contribution in [1.29, 1.82) is 5.26 Å². The Morgan fingerprint density at radius 3 is 2.72 bits per heavy atom. The molecule has 1 saturated heterocycles. The number of halogens is 1. The molecule has 3 rings (SSSR count). The lowest BCUT2D eigenvalue weighted by atomic mass is 10.1. The fourth-order valence-corrected chi connectivity index (χ4v) is 4.27. The number of hydrogen-bond acceptors (Lipinski definition) is 3. The third-order valence-electron chi connectivity index (χ3n) is 5.66. The van der Waals surface area contributed by atoms with Crippen LogP contribution in [-0.4, -0.2) is 29.9 Å². The van der Waals surface area contributed by atoms with Crippen LogP contribution in [0.2, 0.25) is 5.02 Å². The Morgan fingerprint density at radius 1 is 1.31 bits per heavy atom. The van der Waals surface area contributed by atoms with Crippen molar-refractivity contribution in [3.63, 3.8) is 0 Å². The van der Waals surface area contributed by atoms with Crippen molar-refractivity contribution in [1.82, 2.24) is 4.90 Å². The quantitative estimate of drug-likeness (QED) is 0.627. The van der Waals surface area contributed by atoms with E-state index in [-0.39, 0.29) is 17.9 Å². The van der Waals surface area contributed by atoms with Crippen LogP contribution in [-0.2, 0) is 11.3 Å². The second-order valence-electron chi connectivity index (χ2n) is 7.81. The normalized spacial score (nSPS) is 17.0. The van der Waals surface area contributed by atoms with E-state index in [1.54, 1.807) is 6.07 Å². The smallest absolute Gasteiger partial charge is 0.225 e. The maximum absolute atomic E-state index is 12.8. The summed E-state index contributed by atoms with van der Waals surface area (Å²) < 4.78 is 0. The van der Waals surface area contributed by atoms with E-state index in [9.17, 15) is 10.1 Å². The number of nitriles is 1. The number of amides is 1. The summed E-state index contributed by atoms with van der Waals surface area (Å²) in [5, 5.41) is 9.66. The molecule has 2 atom stereocenters. The number of carbonyl (C=O) groups is 1. The third-order valence-corrected chi connectivity index (χ3v) is 5.97. The summed E-state index contributed by atoms with van der Waals surface area (Å²) in [5.74, 6) is 0.331. The fourth-order valence-electron chi connectivity index (χ4n) is 4.05. The van der Waals surface area contributed by atoms with Crippen molar-refractivity contribution in [2.75, 3.05) is 18.0 Å². The summed E-state index contributed by atoms with van der Waals surface area (Å²) in [6.07, 6.45) is 2.88. The van der Waals surface area contributed by atoms with Crippen molar-refractivity contribution in [2.24, 2.45) is 5.92 Å². The summed E-state index contributed by atoms with van der Waals surface area (Å²) in [7, 11) is 0. The molecule has 0 aromatic heterocycles. The maximum atomic E-state index is 12.8. The van der Waals surface area contributed by atoms with Crippen molar-refractivity contribution < 1.29 is 4.79 Å². The van der Waals surface area contributed by atoms with Crippen LogP contribution in [0.5, 0.6) is 0 Å². The zero-order chi connectivity index (χ0) is 20.8. The Labute approximate surface area is 178 Å². The zero-order valence-electron chi connectivity index (χ0n) is 17.1. The SMILES string of the molecule is CCCC(C)C(=O)N1CC[C@H](N(Cc2ccccc2)c2ccc(C#N)c(Cl)c2)C1. The van der Waals surface area contributed by atoms with Gasteiger partial charge < -0.3 is 9.80 Å². The standard InChI is InChI=1S/C24H28ClN3O/c1-3-7-18(2)24(29)27-13-12-22(17-27)28(16-19-8-5-4-6-9-19)21-11-10-20(15-26)23(25)14-21/h4-6,8-11,14,18,22H,3,7,12-13,16-17H2,1-2H3/t18?,22-/m0/s1. The molecule has 0 saturated carbocycles. The van der Waals surface area contributed by atoms with E-state index in [4.69, 9.17) is 11.6 Å². The van der Waals surface area contributed by atoms with E-state index >= 15 is 0 Å². The van der Waals surface area contributed by atoms with Crippen molar-refractivity contribution in [3.8, 4) is 6.07 Å². The van der Waals surface area contributed by atoms with Crippen molar-refractivity contribution in [2.45, 2.75) is 45.7 Å². The first-order valence-corrected chi connectivity index (χ1v) is 10.7. The largest absolute Gasteiger partial charge is 0.362 e. The lowest BCUT2D eigenvalue weighted by Crippen LogP contribution is -2.40. The molecule has 5 heteroatoms. The van der Waals surface area contributed by atoms with Gasteiger partial charge in [0, 0.05) is 37.3 Å². The molecule has 0 bridgehead atoms. The third kappa shape index (κ3) is 5.10. The zero-order valence-corrected chi connectivity index (χ0v) is 17.9. The first-order valence-electron chi connectivity index (χ1n) is 10.3. The lowest BCUT2D eigenvalue weighted by molar-refractivity contribution is -0.134. The molecule has 1 amide bonds. The summed E-state index contributed by atoms with van der Waals surface area (Å²) >= 11 is 6.33. The summed E-state index contributed by atoms with van der Waals surface area (Å²) in [4.78, 5) is 17.1. The second kappa shape index (κ2) is 9.80. The van der Waals surface area contributed by atoms with Gasteiger partial charge >= 0.3 is 0 Å². The highest BCUT2D eigenvalue weighted by molar-refractivity contribution is 6.32. The van der Waals surface area contributed by atoms with E-state index in [1.165, 1.54) is 5.56 Å². The summed E-state index contributed by atoms with van der Waals surface area (Å²) in [5.41, 5.74) is 2.67. The number of rotatable bonds is 7. The Bertz CT molecular complexity index is 877. The van der Waals surface area contributed by atoms with Gasteiger partial charge in [-0.05, 0) is 36.6 Å². The van der Waals surface area contributed by atoms with Gasteiger partial charge in [-0.25, -0.2) is 0 Å². The molecule has 4 nitrogen and oxygen atoms in total. The van der Waals surface area contributed by atoms with Crippen LogP contribution in [0.4, 0.5) is 5.69 Å². The molecule has 1 unspecified atom stereocenters. The molecule has 0 radical (unpaired) electrons. The number of likely N-dealkylation sites (tertiary alicyclic amines) is 1. The van der Waals surface area contributed by atoms with Gasteiger partial charge in [0.15, 0.2) is 0 Å². The van der Waals surface area contributed by atoms with Crippen LogP contribution in [0.15, 0.2) is 48.5 Å². The van der Waals surface area contributed by atoms with Gasteiger partial charge in [0.05, 0.1) is 10.6 Å². The van der Waals surface area contributed by atoms with Gasteiger partial charge in [0.25, 0.3) is 0 Å². The summed E-state index contributed by atoms with van der Waals surface area (Å²) in [6.45, 7) is 6.39. The Morgan fingerprint density at radius 2 is 2.07 bits per heavy atom. The average molecular weight is 410 g/mol. The summed E-state index contributed by atoms with van der Waals surface area (Å²) in [6, 6.07) is 18.3. The van der Waals surface area contributed by atoms with Crippen molar-refractivity contribution in [3.05, 3.63) is 64.7 Å². The highest BCUT2D eigenvalue weighted by atomic mass is 35.5. The molecule has 0 N–H and O–H groups in total. The van der Waals surface area contributed by atoms with E-state index in [0.717, 1.165) is 44.6 Å². The molecule has 1 aliphatic heterocycles. The fraction of sp³-hybridized carbons (Fsp3) is 0.417. The molecule has 1 heterocycles. The minimum Gasteiger partial charge on any atom is -0.362 e. The van der Waals surface area contributed by atoms with Crippen LogP contribution < -0.4 is 4.90 Å². The molecule has 2 aromatic carbocycles. The minimum absolute atomic E-state index is 0.0747. The molecule has 0 aliphatic carbocycles. The average Bonchev–Trinajstić information content (AvgIpc) is 3.22. The number of benzene rings is 2. The number of hydrogen-bond donors (Lipinski definition) is 0. The molecule has 1 aliphatic rings. The van der Waals surface area contributed by atoms with E-state index in [2.05, 4.69) is 30.0 Å². The monoisotopic (exact) mass is 409 g/mol. The highest BCUT2D eigenvalue weighted by Crippen LogP contribution is 2.30. The van der Waals surface area contributed by atoms with Crippen LogP contribution in [0.1, 0.15) is 44.2 Å². The highest BCUT2D eigenvalue weighted by Gasteiger charge is 2.32. The Kier molecular flexibility index (Phi) is 7.17. The molecule has 152 valence electrons. The van der Waals surface area contributed by atoms with Crippen LogP contribution in [0, 0.1) is 17.2 Å². The van der Waals surface area contributed by atoms with E-state index in [0.29, 0.717) is 10.6 Å². The van der Waals surface area contributed by atoms with E-state index in [1.807, 2.05) is 42.2 Å². The Balaban J connectivity index is 1.83. The first kappa shape index (κ1) is 21.2. The maximum Gasteiger partial charge on any atom is 0.225 e. The van der Waals surface area contributed by atoms with E-state index < -0.39 is 0 Å². The molecule has 1 fully saturated rings. The first-order chi connectivity index (χ1) is 14.0. The molecular formula is C24H28ClN3O. The number of nitrogens with zero attached hydrogens (tertiary/aromatic N) is 3. The number of anilines is 1. The second-order valence-corrected chi connectivity index (χ2v) is 8.21. The van der Waals surface area contributed by atoms with Crippen molar-refractivity contribution >= 4 is 23.2 Å². The van der Waals surface area contributed by atoms with Gasteiger partial charge in [-0.1, -0.05) is 62.2 Å². The van der Waals surface area contributed by atoms with Crippen LogP contribution in [0.3, 0.4) is 0 Å². The molecular weight excluding hydrogens is 382 g/mol. The van der Waals surface area contributed by atoms with Crippen LogP contribution in [0.25, 0.3) is 0 Å². The molecule has 2 aromatic rings. The molecule has 0 spiro atoms. The van der Waals surface area contributed by atoms with Gasteiger partial charge in [0.1, 0.15) is 6.07 Å². The predicted octanol–water partition coefficient (Wildman–Crippen LogP) is 5.26. The van der Waals surface area contributed by atoms with Gasteiger partial charge in [-0.3, -0.25) is 4.79 Å². The molecule has 29 heavy (non-hydrogen) atoms. The van der Waals surface area contributed by atoms with Gasteiger partial charge in [-0.2, -0.15) is 5.26 Å². The minimum atomic E-state index is 0.0747. The van der Waals surface area contributed by atoms with Gasteiger partial charge in [0.2, 0.25) is 5.91 Å². The van der Waals surface area contributed by atoms with Crippen LogP contribution >= 0.6 is 11.6 Å².